The van der Waals surface area contributed by atoms with Crippen molar-refractivity contribution in [2.45, 2.75) is 59.0 Å². The molecule has 2 unspecified atom stereocenters. The number of nitrogens with one attached hydrogen (secondary N) is 2. The third-order valence-corrected chi connectivity index (χ3v) is 4.65. The first-order valence-corrected chi connectivity index (χ1v) is 7.98. The number of hydrogen-bond acceptors (Lipinski definition) is 4. The molecule has 1 aliphatic heterocycles. The van der Waals surface area contributed by atoms with Crippen molar-refractivity contribution in [2.24, 2.45) is 5.92 Å². The van der Waals surface area contributed by atoms with Gasteiger partial charge in [0.25, 0.3) is 5.91 Å². The van der Waals surface area contributed by atoms with Crippen LogP contribution in [0.5, 0.6) is 0 Å². The standard InChI is InChI=1S/C15H27N5O.ClH/c1-5-10(2)11(3)17-15(21)14-12(4)20(19-18-14)13-6-8-16-9-7-13;/h10-11,13,16H,5-9H2,1-4H3,(H,17,21);1H. The van der Waals surface area contributed by atoms with Gasteiger partial charge in [0.05, 0.1) is 11.7 Å². The molecule has 0 spiro atoms. The summed E-state index contributed by atoms with van der Waals surface area (Å²) in [6, 6.07) is 0.498. The normalized spacial score (nSPS) is 18.4. The van der Waals surface area contributed by atoms with Gasteiger partial charge in [-0.25, -0.2) is 4.68 Å². The Morgan fingerprint density at radius 2 is 2.05 bits per heavy atom. The minimum Gasteiger partial charge on any atom is -0.348 e. The third kappa shape index (κ3) is 4.20. The summed E-state index contributed by atoms with van der Waals surface area (Å²) in [5, 5.41) is 14.7. The van der Waals surface area contributed by atoms with Crippen LogP contribution in [0.25, 0.3) is 0 Å². The van der Waals surface area contributed by atoms with Crippen LogP contribution in [0.4, 0.5) is 0 Å². The van der Waals surface area contributed by atoms with Crippen molar-refractivity contribution >= 4 is 18.3 Å². The van der Waals surface area contributed by atoms with E-state index in [1.165, 1.54) is 0 Å². The van der Waals surface area contributed by atoms with Gasteiger partial charge in [-0.2, -0.15) is 0 Å². The second-order valence-corrected chi connectivity index (χ2v) is 6.10. The molecule has 22 heavy (non-hydrogen) atoms. The van der Waals surface area contributed by atoms with E-state index in [2.05, 4.69) is 34.8 Å². The molecule has 6 nitrogen and oxygen atoms in total. The number of carbonyl (C=O) groups excluding carboxylic acids is 1. The molecular weight excluding hydrogens is 302 g/mol. The van der Waals surface area contributed by atoms with E-state index in [1.54, 1.807) is 0 Å². The van der Waals surface area contributed by atoms with Gasteiger partial charge in [-0.1, -0.05) is 25.5 Å². The summed E-state index contributed by atoms with van der Waals surface area (Å²) in [4.78, 5) is 12.4. The minimum atomic E-state index is -0.111. The Morgan fingerprint density at radius 1 is 1.41 bits per heavy atom. The maximum Gasteiger partial charge on any atom is 0.273 e. The van der Waals surface area contributed by atoms with E-state index in [1.807, 2.05) is 18.5 Å². The number of carbonyl (C=O) groups is 1. The molecule has 2 atom stereocenters. The molecule has 1 aliphatic rings. The van der Waals surface area contributed by atoms with Gasteiger partial charge in [-0.3, -0.25) is 4.79 Å². The number of halogens is 1. The molecular formula is C15H28ClN5O. The van der Waals surface area contributed by atoms with E-state index in [0.717, 1.165) is 38.0 Å². The van der Waals surface area contributed by atoms with Gasteiger partial charge >= 0.3 is 0 Å². The number of piperidine rings is 1. The van der Waals surface area contributed by atoms with Crippen molar-refractivity contribution in [3.63, 3.8) is 0 Å². The van der Waals surface area contributed by atoms with E-state index in [-0.39, 0.29) is 24.4 Å². The maximum absolute atomic E-state index is 12.4. The molecule has 2 rings (SSSR count). The predicted octanol–water partition coefficient (Wildman–Crippen LogP) is 2.10. The van der Waals surface area contributed by atoms with Crippen LogP contribution >= 0.6 is 12.4 Å². The van der Waals surface area contributed by atoms with E-state index in [4.69, 9.17) is 0 Å². The van der Waals surface area contributed by atoms with Gasteiger partial charge in [0.2, 0.25) is 0 Å². The molecule has 0 radical (unpaired) electrons. The highest BCUT2D eigenvalue weighted by Gasteiger charge is 2.24. The lowest BCUT2D eigenvalue weighted by Gasteiger charge is -2.23. The summed E-state index contributed by atoms with van der Waals surface area (Å²) in [6.45, 7) is 10.2. The Morgan fingerprint density at radius 3 is 2.64 bits per heavy atom. The van der Waals surface area contributed by atoms with Crippen LogP contribution in [-0.4, -0.2) is 40.0 Å². The smallest absolute Gasteiger partial charge is 0.273 e. The Hall–Kier alpha value is -1.14. The van der Waals surface area contributed by atoms with Gasteiger partial charge in [0.15, 0.2) is 5.69 Å². The number of nitrogens with zero attached hydrogens (tertiary/aromatic N) is 3. The second-order valence-electron chi connectivity index (χ2n) is 6.10. The molecule has 1 saturated heterocycles. The summed E-state index contributed by atoms with van der Waals surface area (Å²) in [7, 11) is 0. The summed E-state index contributed by atoms with van der Waals surface area (Å²) in [6.07, 6.45) is 3.12. The van der Waals surface area contributed by atoms with Crippen LogP contribution in [0.2, 0.25) is 0 Å². The van der Waals surface area contributed by atoms with Crippen molar-refractivity contribution in [3.8, 4) is 0 Å². The fraction of sp³-hybridized carbons (Fsp3) is 0.800. The molecule has 0 aromatic carbocycles. The molecule has 1 aromatic heterocycles. The highest BCUT2D eigenvalue weighted by Crippen LogP contribution is 2.20. The average Bonchev–Trinajstić information content (AvgIpc) is 2.88. The number of hydrogen-bond donors (Lipinski definition) is 2. The van der Waals surface area contributed by atoms with Crippen LogP contribution in [-0.2, 0) is 0 Å². The minimum absolute atomic E-state index is 0. The van der Waals surface area contributed by atoms with E-state index in [9.17, 15) is 4.79 Å². The summed E-state index contributed by atoms with van der Waals surface area (Å²) >= 11 is 0. The van der Waals surface area contributed by atoms with Gasteiger partial charge in [-0.15, -0.1) is 17.5 Å². The Bertz CT molecular complexity index is 484. The van der Waals surface area contributed by atoms with Gasteiger partial charge in [-0.05, 0) is 45.7 Å². The molecule has 0 aliphatic carbocycles. The molecule has 1 amide bonds. The Balaban J connectivity index is 0.00000242. The van der Waals surface area contributed by atoms with E-state index < -0.39 is 0 Å². The zero-order chi connectivity index (χ0) is 15.4. The molecule has 1 aromatic rings. The van der Waals surface area contributed by atoms with Crippen molar-refractivity contribution in [1.82, 2.24) is 25.6 Å². The molecule has 0 bridgehead atoms. The number of amides is 1. The van der Waals surface area contributed by atoms with Crippen molar-refractivity contribution in [1.29, 1.82) is 0 Å². The summed E-state index contributed by atoms with van der Waals surface area (Å²) in [5.74, 6) is 0.342. The zero-order valence-electron chi connectivity index (χ0n) is 13.9. The summed E-state index contributed by atoms with van der Waals surface area (Å²) < 4.78 is 1.92. The first-order chi connectivity index (χ1) is 10.0. The van der Waals surface area contributed by atoms with Gasteiger partial charge < -0.3 is 10.6 Å². The fourth-order valence-electron chi connectivity index (χ4n) is 2.72. The van der Waals surface area contributed by atoms with E-state index >= 15 is 0 Å². The average molecular weight is 330 g/mol. The highest BCUT2D eigenvalue weighted by molar-refractivity contribution is 5.93. The molecule has 0 saturated carbocycles. The molecule has 2 N–H and O–H groups in total. The topological polar surface area (TPSA) is 71.8 Å². The lowest BCUT2D eigenvalue weighted by molar-refractivity contribution is 0.0922. The molecule has 1 fully saturated rings. The van der Waals surface area contributed by atoms with Crippen LogP contribution in [0.15, 0.2) is 0 Å². The molecule has 2 heterocycles. The van der Waals surface area contributed by atoms with Crippen molar-refractivity contribution < 1.29 is 4.79 Å². The van der Waals surface area contributed by atoms with Crippen molar-refractivity contribution in [3.05, 3.63) is 11.4 Å². The van der Waals surface area contributed by atoms with Crippen LogP contribution in [0.3, 0.4) is 0 Å². The fourth-order valence-corrected chi connectivity index (χ4v) is 2.72. The first-order valence-electron chi connectivity index (χ1n) is 7.98. The lowest BCUT2D eigenvalue weighted by atomic mass is 10.0. The lowest BCUT2D eigenvalue weighted by Crippen LogP contribution is -2.37. The summed E-state index contributed by atoms with van der Waals surface area (Å²) in [5.41, 5.74) is 1.33. The Labute approximate surface area is 138 Å². The van der Waals surface area contributed by atoms with Crippen LogP contribution in [0, 0.1) is 12.8 Å². The largest absolute Gasteiger partial charge is 0.348 e. The van der Waals surface area contributed by atoms with Gasteiger partial charge in [0, 0.05) is 6.04 Å². The number of aromatic nitrogens is 3. The Kier molecular flexibility index (Phi) is 7.29. The first kappa shape index (κ1) is 18.9. The monoisotopic (exact) mass is 329 g/mol. The zero-order valence-corrected chi connectivity index (χ0v) is 14.7. The molecule has 7 heteroatoms. The SMILES string of the molecule is CCC(C)C(C)NC(=O)c1nnn(C2CCNCC2)c1C.Cl. The quantitative estimate of drug-likeness (QED) is 0.867. The van der Waals surface area contributed by atoms with Crippen LogP contribution < -0.4 is 10.6 Å². The second kappa shape index (κ2) is 8.48. The maximum atomic E-state index is 12.4. The van der Waals surface area contributed by atoms with Gasteiger partial charge in [0.1, 0.15) is 0 Å². The predicted molar refractivity (Wildman–Crippen MR) is 89.5 cm³/mol. The molecule has 126 valence electrons. The van der Waals surface area contributed by atoms with Crippen LogP contribution in [0.1, 0.15) is 62.3 Å². The number of rotatable bonds is 5. The third-order valence-electron chi connectivity index (χ3n) is 4.65. The van der Waals surface area contributed by atoms with Crippen molar-refractivity contribution in [2.75, 3.05) is 13.1 Å². The van der Waals surface area contributed by atoms with E-state index in [0.29, 0.717) is 17.7 Å². The highest BCUT2D eigenvalue weighted by atomic mass is 35.5.